The van der Waals surface area contributed by atoms with Crippen molar-refractivity contribution in [2.24, 2.45) is 0 Å². The Bertz CT molecular complexity index is 1300. The Morgan fingerprint density at radius 3 is 2.32 bits per heavy atom. The largest absolute Gasteiger partial charge is 0.457 e. The molecule has 0 unspecified atom stereocenters. The monoisotopic (exact) mass is 602 g/mol. The molecule has 4 rings (SSSR count). The van der Waals surface area contributed by atoms with Crippen LogP contribution in [0, 0.1) is 0 Å². The van der Waals surface area contributed by atoms with Gasteiger partial charge < -0.3 is 19.7 Å². The molecule has 1 amide bonds. The number of nitrogens with one attached hydrogen (secondary N) is 1. The zero-order valence-corrected chi connectivity index (χ0v) is 24.1. The third kappa shape index (κ3) is 7.67. The number of rotatable bonds is 6. The highest BCUT2D eigenvalue weighted by Gasteiger charge is 2.23. The molecule has 0 atom stereocenters. The van der Waals surface area contributed by atoms with E-state index >= 15 is 0 Å². The number of carbonyl (C=O) groups excluding carboxylic acids is 1. The van der Waals surface area contributed by atoms with Crippen LogP contribution in [0.1, 0.15) is 38.3 Å². The van der Waals surface area contributed by atoms with Gasteiger partial charge in [0.15, 0.2) is 0 Å². The van der Waals surface area contributed by atoms with Crippen molar-refractivity contribution >= 4 is 56.5 Å². The number of benzene rings is 3. The van der Waals surface area contributed by atoms with Crippen molar-refractivity contribution in [2.75, 3.05) is 18.4 Å². The Hall–Kier alpha value is -2.67. The highest BCUT2D eigenvalue weighted by atomic mass is 79.9. The van der Waals surface area contributed by atoms with Crippen LogP contribution >= 0.6 is 39.1 Å². The maximum Gasteiger partial charge on any atom is 0.410 e. The van der Waals surface area contributed by atoms with Crippen molar-refractivity contribution in [1.29, 1.82) is 0 Å². The van der Waals surface area contributed by atoms with Crippen molar-refractivity contribution < 1.29 is 14.3 Å². The second-order valence-corrected chi connectivity index (χ2v) is 11.4. The summed E-state index contributed by atoms with van der Waals surface area (Å²) in [6, 6.07) is 19.4. The van der Waals surface area contributed by atoms with Gasteiger partial charge >= 0.3 is 6.09 Å². The molecular weight excluding hydrogens is 575 g/mol. The first-order valence-electron chi connectivity index (χ1n) is 12.0. The lowest BCUT2D eigenvalue weighted by atomic mass is 9.99. The highest BCUT2D eigenvalue weighted by Crippen LogP contribution is 2.32. The zero-order valence-electron chi connectivity index (χ0n) is 21.0. The number of nitrogens with zero attached hydrogens (tertiary/aromatic N) is 1. The van der Waals surface area contributed by atoms with Gasteiger partial charge in [-0.1, -0.05) is 63.4 Å². The van der Waals surface area contributed by atoms with Crippen molar-refractivity contribution in [3.63, 3.8) is 0 Å². The maximum absolute atomic E-state index is 12.3. The zero-order chi connectivity index (χ0) is 26.6. The Balaban J connectivity index is 1.31. The van der Waals surface area contributed by atoms with E-state index in [4.69, 9.17) is 32.7 Å². The number of carbonyl (C=O) groups is 1. The van der Waals surface area contributed by atoms with Gasteiger partial charge in [-0.2, -0.15) is 0 Å². The van der Waals surface area contributed by atoms with Gasteiger partial charge in [0.05, 0.1) is 10.0 Å². The predicted molar refractivity (Wildman–Crippen MR) is 155 cm³/mol. The normalized spacial score (nSPS) is 13.7. The minimum atomic E-state index is -0.485. The van der Waals surface area contributed by atoms with Gasteiger partial charge in [-0.15, -0.1) is 0 Å². The fourth-order valence-corrected chi connectivity index (χ4v) is 4.62. The first-order valence-corrected chi connectivity index (χ1v) is 13.5. The lowest BCUT2D eigenvalue weighted by molar-refractivity contribution is 0.0270. The minimum absolute atomic E-state index is 0.262. The van der Waals surface area contributed by atoms with Crippen LogP contribution in [0.5, 0.6) is 11.5 Å². The first kappa shape index (κ1) is 27.4. The van der Waals surface area contributed by atoms with Crippen LogP contribution in [0.25, 0.3) is 5.57 Å². The average Bonchev–Trinajstić information content (AvgIpc) is 2.85. The second kappa shape index (κ2) is 11.8. The van der Waals surface area contributed by atoms with Gasteiger partial charge in [0, 0.05) is 35.9 Å². The van der Waals surface area contributed by atoms with E-state index in [9.17, 15) is 4.79 Å². The van der Waals surface area contributed by atoms with E-state index in [1.54, 1.807) is 23.1 Å². The molecule has 0 spiro atoms. The Morgan fingerprint density at radius 1 is 1.00 bits per heavy atom. The summed E-state index contributed by atoms with van der Waals surface area (Å²) in [7, 11) is 0. The van der Waals surface area contributed by atoms with Crippen LogP contribution in [0.2, 0.25) is 10.0 Å². The summed E-state index contributed by atoms with van der Waals surface area (Å²) in [5, 5.41) is 4.41. The van der Waals surface area contributed by atoms with E-state index in [2.05, 4.69) is 51.6 Å². The fraction of sp³-hybridized carbons (Fsp3) is 0.276. The quantitative estimate of drug-likeness (QED) is 0.305. The first-order chi connectivity index (χ1) is 17.6. The highest BCUT2D eigenvalue weighted by molar-refractivity contribution is 9.10. The van der Waals surface area contributed by atoms with E-state index in [1.165, 1.54) is 11.1 Å². The maximum atomic E-state index is 12.3. The number of ether oxygens (including phenoxy) is 2. The van der Waals surface area contributed by atoms with Crippen LogP contribution in [-0.2, 0) is 11.3 Å². The summed E-state index contributed by atoms with van der Waals surface area (Å²) >= 11 is 15.7. The average molecular weight is 604 g/mol. The molecule has 3 aromatic rings. The fourth-order valence-electron chi connectivity index (χ4n) is 3.83. The summed E-state index contributed by atoms with van der Waals surface area (Å²) in [6.45, 7) is 7.51. The molecule has 1 N–H and O–H groups in total. The second-order valence-electron chi connectivity index (χ2n) is 9.77. The Kier molecular flexibility index (Phi) is 8.73. The number of anilines is 1. The van der Waals surface area contributed by atoms with Gasteiger partial charge in [0.2, 0.25) is 0 Å². The lowest BCUT2D eigenvalue weighted by Crippen LogP contribution is -2.39. The Morgan fingerprint density at radius 2 is 1.70 bits per heavy atom. The van der Waals surface area contributed by atoms with Gasteiger partial charge in [-0.25, -0.2) is 4.79 Å². The molecule has 0 saturated heterocycles. The summed E-state index contributed by atoms with van der Waals surface area (Å²) < 4.78 is 12.3. The van der Waals surface area contributed by atoms with E-state index in [0.717, 1.165) is 22.1 Å². The van der Waals surface area contributed by atoms with Gasteiger partial charge in [-0.05, 0) is 80.3 Å². The molecule has 1 aliphatic heterocycles. The summed E-state index contributed by atoms with van der Waals surface area (Å²) in [4.78, 5) is 14.0. The SMILES string of the molecule is CC(C)(C)OC(=O)N1CC=C(c2ccc(NCc3ccc(Oc4ccc(Cl)c(Cl)c4)cc3Br)cc2)CC1. The lowest BCUT2D eigenvalue weighted by Gasteiger charge is -2.29. The molecule has 0 fully saturated rings. The third-order valence-electron chi connectivity index (χ3n) is 5.75. The molecule has 0 saturated carbocycles. The van der Waals surface area contributed by atoms with Crippen molar-refractivity contribution in [3.05, 3.63) is 92.4 Å². The molecular formula is C29H29BrCl2N2O3. The van der Waals surface area contributed by atoms with Crippen LogP contribution in [0.3, 0.4) is 0 Å². The van der Waals surface area contributed by atoms with Crippen molar-refractivity contribution in [1.82, 2.24) is 4.90 Å². The number of hydrogen-bond acceptors (Lipinski definition) is 4. The molecule has 8 heteroatoms. The molecule has 37 heavy (non-hydrogen) atoms. The summed E-state index contributed by atoms with van der Waals surface area (Å²) in [5.41, 5.74) is 4.05. The minimum Gasteiger partial charge on any atom is -0.457 e. The topological polar surface area (TPSA) is 50.8 Å². The van der Waals surface area contributed by atoms with Crippen LogP contribution in [-0.4, -0.2) is 29.7 Å². The molecule has 0 aromatic heterocycles. The van der Waals surface area contributed by atoms with E-state index in [-0.39, 0.29) is 6.09 Å². The third-order valence-corrected chi connectivity index (χ3v) is 7.23. The Labute approximate surface area is 236 Å². The molecule has 1 aliphatic rings. The van der Waals surface area contributed by atoms with E-state index in [1.807, 2.05) is 39.0 Å². The smallest absolute Gasteiger partial charge is 0.410 e. The number of hydrogen-bond donors (Lipinski definition) is 1. The molecule has 5 nitrogen and oxygen atoms in total. The van der Waals surface area contributed by atoms with Gasteiger partial charge in [0.25, 0.3) is 0 Å². The van der Waals surface area contributed by atoms with E-state index < -0.39 is 5.60 Å². The van der Waals surface area contributed by atoms with Gasteiger partial charge in [-0.3, -0.25) is 0 Å². The van der Waals surface area contributed by atoms with Crippen LogP contribution in [0.4, 0.5) is 10.5 Å². The molecule has 194 valence electrons. The number of halogens is 3. The number of amides is 1. The van der Waals surface area contributed by atoms with Crippen LogP contribution < -0.4 is 10.1 Å². The van der Waals surface area contributed by atoms with E-state index in [0.29, 0.717) is 41.2 Å². The summed E-state index contributed by atoms with van der Waals surface area (Å²) in [6.07, 6.45) is 2.65. The predicted octanol–water partition coefficient (Wildman–Crippen LogP) is 9.18. The molecule has 0 aliphatic carbocycles. The van der Waals surface area contributed by atoms with Crippen molar-refractivity contribution in [3.8, 4) is 11.5 Å². The van der Waals surface area contributed by atoms with Crippen LogP contribution in [0.15, 0.2) is 71.2 Å². The molecule has 3 aromatic carbocycles. The molecule has 1 heterocycles. The summed E-state index contributed by atoms with van der Waals surface area (Å²) in [5.74, 6) is 1.32. The van der Waals surface area contributed by atoms with Gasteiger partial charge in [0.1, 0.15) is 17.1 Å². The molecule has 0 bridgehead atoms. The van der Waals surface area contributed by atoms with Crippen molar-refractivity contribution in [2.45, 2.75) is 39.3 Å². The standard InChI is InChI=1S/C29H29BrCl2N2O3/c1-29(2,3)37-28(35)34-14-12-20(13-15-34)19-4-7-22(8-5-19)33-18-21-6-9-23(16-25(21)30)36-24-10-11-26(31)27(32)17-24/h4-12,16-17,33H,13-15,18H2,1-3H3. The molecule has 0 radical (unpaired) electrons.